The molecule has 1 aromatic carbocycles. The normalized spacial score (nSPS) is 12.0. The van der Waals surface area contributed by atoms with Gasteiger partial charge in [-0.1, -0.05) is 41.0 Å². The van der Waals surface area contributed by atoms with E-state index in [1.165, 1.54) is 13.2 Å². The van der Waals surface area contributed by atoms with Crippen LogP contribution in [0.25, 0.3) is 22.6 Å². The van der Waals surface area contributed by atoms with Crippen LogP contribution in [0.15, 0.2) is 47.6 Å². The summed E-state index contributed by atoms with van der Waals surface area (Å²) in [5.41, 5.74) is 2.28. The second kappa shape index (κ2) is 7.77. The zero-order chi connectivity index (χ0) is 19.6. The lowest BCUT2D eigenvalue weighted by atomic mass is 10.0. The Morgan fingerprint density at radius 3 is 2.85 bits per heavy atom. The van der Waals surface area contributed by atoms with Crippen LogP contribution < -0.4 is 0 Å². The van der Waals surface area contributed by atoms with Gasteiger partial charge in [-0.3, -0.25) is 4.68 Å². The molecule has 2 heterocycles. The third kappa shape index (κ3) is 3.51. The molecule has 0 amide bonds. The first-order chi connectivity index (χ1) is 13.0. The Balaban J connectivity index is 2.14. The maximum absolute atomic E-state index is 12.5. The fraction of sp³-hybridized carbons (Fsp3) is 0.211. The van der Waals surface area contributed by atoms with Gasteiger partial charge in [0.1, 0.15) is 11.3 Å². The Hall–Kier alpha value is -2.90. The maximum atomic E-state index is 12.5. The van der Waals surface area contributed by atoms with Gasteiger partial charge in [-0.05, 0) is 13.0 Å². The summed E-state index contributed by atoms with van der Waals surface area (Å²) in [4.78, 5) is 12.5. The molecule has 0 aliphatic heterocycles. The molecule has 0 radical (unpaired) electrons. The molecule has 0 spiro atoms. The van der Waals surface area contributed by atoms with E-state index in [1.54, 1.807) is 42.1 Å². The van der Waals surface area contributed by atoms with Crippen LogP contribution in [0.3, 0.4) is 0 Å². The van der Waals surface area contributed by atoms with E-state index < -0.39 is 12.1 Å². The number of hydrogen-bond donors (Lipinski definition) is 1. The number of ether oxygens (including phenoxy) is 1. The molecule has 1 atom stereocenters. The van der Waals surface area contributed by atoms with Gasteiger partial charge < -0.3 is 14.4 Å². The third-order valence-corrected chi connectivity index (χ3v) is 4.52. The highest BCUT2D eigenvalue weighted by molar-refractivity contribution is 6.33. The monoisotopic (exact) mass is 387 g/mol. The molecule has 0 saturated heterocycles. The number of nitrogens with zero attached hydrogens (tertiary/aromatic N) is 3. The number of benzene rings is 1. The number of aliphatic hydroxyl groups is 1. The smallest absolute Gasteiger partial charge is 0.344 e. The number of hydrogen-bond acceptors (Lipinski definition) is 6. The van der Waals surface area contributed by atoms with Gasteiger partial charge in [0.15, 0.2) is 5.76 Å². The van der Waals surface area contributed by atoms with Crippen LogP contribution in [0, 0.1) is 6.92 Å². The van der Waals surface area contributed by atoms with Gasteiger partial charge in [0.25, 0.3) is 0 Å². The Morgan fingerprint density at radius 1 is 1.44 bits per heavy atom. The van der Waals surface area contributed by atoms with E-state index in [-0.39, 0.29) is 17.9 Å². The number of carbonyl (C=O) groups is 1. The molecule has 0 saturated carbocycles. The van der Waals surface area contributed by atoms with E-state index in [9.17, 15) is 9.90 Å². The average Bonchev–Trinajstić information content (AvgIpc) is 3.25. The minimum Gasteiger partial charge on any atom is -0.465 e. The molecule has 2 aromatic heterocycles. The lowest BCUT2D eigenvalue weighted by Crippen LogP contribution is -2.15. The Bertz CT molecular complexity index is 993. The number of esters is 1. The van der Waals surface area contributed by atoms with Crippen LogP contribution >= 0.6 is 11.6 Å². The predicted molar refractivity (Wildman–Crippen MR) is 100 cm³/mol. The average molecular weight is 388 g/mol. The number of halogens is 1. The molecule has 140 valence electrons. The van der Waals surface area contributed by atoms with Gasteiger partial charge in [0.05, 0.1) is 36.5 Å². The van der Waals surface area contributed by atoms with Gasteiger partial charge in [-0.15, -0.1) is 6.58 Å². The van der Waals surface area contributed by atoms with E-state index in [1.807, 2.05) is 0 Å². The number of methoxy groups -OCH3 is 1. The molecule has 0 fully saturated rings. The van der Waals surface area contributed by atoms with Crippen molar-refractivity contribution < 1.29 is 19.2 Å². The molecule has 0 bridgehead atoms. The summed E-state index contributed by atoms with van der Waals surface area (Å²) in [6.07, 6.45) is 2.23. The van der Waals surface area contributed by atoms with Crippen molar-refractivity contribution in [3.63, 3.8) is 0 Å². The van der Waals surface area contributed by atoms with Crippen molar-refractivity contribution in [2.24, 2.45) is 0 Å². The largest absolute Gasteiger partial charge is 0.465 e. The van der Waals surface area contributed by atoms with Gasteiger partial charge in [0, 0.05) is 11.3 Å². The summed E-state index contributed by atoms with van der Waals surface area (Å²) in [7, 11) is 1.28. The van der Waals surface area contributed by atoms with Crippen LogP contribution in [-0.2, 0) is 11.3 Å². The topological polar surface area (TPSA) is 90.4 Å². The summed E-state index contributed by atoms with van der Waals surface area (Å²) in [5.74, 6) is -0.368. The van der Waals surface area contributed by atoms with Crippen molar-refractivity contribution in [1.82, 2.24) is 14.9 Å². The Kier molecular flexibility index (Phi) is 5.43. The number of rotatable bonds is 6. The van der Waals surface area contributed by atoms with Crippen LogP contribution in [0.5, 0.6) is 0 Å². The lowest BCUT2D eigenvalue weighted by Gasteiger charge is -2.08. The molecule has 7 nitrogen and oxygen atoms in total. The Morgan fingerprint density at radius 2 is 2.19 bits per heavy atom. The van der Waals surface area contributed by atoms with E-state index >= 15 is 0 Å². The first-order valence-electron chi connectivity index (χ1n) is 8.14. The predicted octanol–water partition coefficient (Wildman–Crippen LogP) is 3.50. The summed E-state index contributed by atoms with van der Waals surface area (Å²) >= 11 is 6.26. The minimum atomic E-state index is -0.745. The number of aromatic nitrogens is 3. The van der Waals surface area contributed by atoms with Crippen LogP contribution in [0.1, 0.15) is 16.1 Å². The highest BCUT2D eigenvalue weighted by Gasteiger charge is 2.29. The quantitative estimate of drug-likeness (QED) is 0.514. The third-order valence-electron chi connectivity index (χ3n) is 4.19. The summed E-state index contributed by atoms with van der Waals surface area (Å²) in [5, 5.41) is 18.5. The number of aliphatic hydroxyl groups excluding tert-OH is 1. The van der Waals surface area contributed by atoms with Crippen molar-refractivity contribution in [1.29, 1.82) is 0 Å². The second-order valence-corrected chi connectivity index (χ2v) is 6.24. The van der Waals surface area contributed by atoms with Gasteiger partial charge in [-0.25, -0.2) is 4.79 Å². The van der Waals surface area contributed by atoms with E-state index in [4.69, 9.17) is 20.9 Å². The standard InChI is InChI=1S/C19H18ClN3O4/c1-4-12(24)10-23-11(2)14(9-21-23)18-16(19(25)26-3)17(22-27-18)13-7-5-6-8-15(13)20/h4-9,12,24H,1,10H2,2-3H3/t12-/m0/s1. The van der Waals surface area contributed by atoms with Crippen LogP contribution in [0.2, 0.25) is 5.02 Å². The van der Waals surface area contributed by atoms with Crippen molar-refractivity contribution in [3.8, 4) is 22.6 Å². The molecule has 8 heteroatoms. The highest BCUT2D eigenvalue weighted by atomic mass is 35.5. The van der Waals surface area contributed by atoms with E-state index in [0.717, 1.165) is 0 Å². The maximum Gasteiger partial charge on any atom is 0.344 e. The minimum absolute atomic E-state index is 0.164. The molecule has 27 heavy (non-hydrogen) atoms. The molecule has 1 N–H and O–H groups in total. The van der Waals surface area contributed by atoms with Crippen molar-refractivity contribution in [2.75, 3.05) is 7.11 Å². The highest BCUT2D eigenvalue weighted by Crippen LogP contribution is 2.36. The van der Waals surface area contributed by atoms with Gasteiger partial charge in [0.2, 0.25) is 0 Å². The van der Waals surface area contributed by atoms with Gasteiger partial charge >= 0.3 is 5.97 Å². The summed E-state index contributed by atoms with van der Waals surface area (Å²) in [6, 6.07) is 7.01. The van der Waals surface area contributed by atoms with Crippen molar-refractivity contribution in [3.05, 3.63) is 59.4 Å². The fourth-order valence-electron chi connectivity index (χ4n) is 2.71. The Labute approximate surface area is 160 Å². The molecule has 0 unspecified atom stereocenters. The van der Waals surface area contributed by atoms with Crippen LogP contribution in [0.4, 0.5) is 0 Å². The lowest BCUT2D eigenvalue weighted by molar-refractivity contribution is 0.0602. The molecule has 3 aromatic rings. The first kappa shape index (κ1) is 18.9. The molecular weight excluding hydrogens is 370 g/mol. The first-order valence-corrected chi connectivity index (χ1v) is 8.52. The second-order valence-electron chi connectivity index (χ2n) is 5.84. The van der Waals surface area contributed by atoms with Crippen molar-refractivity contribution >= 4 is 17.6 Å². The molecule has 3 rings (SSSR count). The van der Waals surface area contributed by atoms with E-state index in [2.05, 4.69) is 16.8 Å². The SMILES string of the molecule is C=C[C@H](O)Cn1ncc(-c2onc(-c3ccccc3Cl)c2C(=O)OC)c1C. The molecule has 0 aliphatic carbocycles. The summed E-state index contributed by atoms with van der Waals surface area (Å²) in [6.45, 7) is 5.58. The molecule has 0 aliphatic rings. The van der Waals surface area contributed by atoms with Crippen molar-refractivity contribution in [2.45, 2.75) is 19.6 Å². The molecular formula is C19H18ClN3O4. The number of carbonyl (C=O) groups excluding carboxylic acids is 1. The zero-order valence-corrected chi connectivity index (χ0v) is 15.6. The summed E-state index contributed by atoms with van der Waals surface area (Å²) < 4.78 is 12.0. The van der Waals surface area contributed by atoms with E-state index in [0.29, 0.717) is 27.5 Å². The van der Waals surface area contributed by atoms with Crippen LogP contribution in [-0.4, -0.2) is 39.2 Å². The van der Waals surface area contributed by atoms with Gasteiger partial charge in [-0.2, -0.15) is 5.10 Å². The zero-order valence-electron chi connectivity index (χ0n) is 14.8. The fourth-order valence-corrected chi connectivity index (χ4v) is 2.93.